The van der Waals surface area contributed by atoms with E-state index in [4.69, 9.17) is 5.73 Å². The molecule has 1 rings (SSSR count). The summed E-state index contributed by atoms with van der Waals surface area (Å²) in [5.74, 6) is -0.180. The molecule has 1 saturated carbocycles. The highest BCUT2D eigenvalue weighted by molar-refractivity contribution is 5.81. The number of carbonyl (C=O) groups excluding carboxylic acids is 1. The normalized spacial score (nSPS) is 31.6. The van der Waals surface area contributed by atoms with Crippen molar-refractivity contribution in [3.8, 4) is 0 Å². The first-order valence-electron chi connectivity index (χ1n) is 4.35. The van der Waals surface area contributed by atoms with E-state index in [0.29, 0.717) is 0 Å². The molecule has 0 radical (unpaired) electrons. The van der Waals surface area contributed by atoms with Gasteiger partial charge >= 0.3 is 0 Å². The third kappa shape index (κ3) is 2.19. The highest BCUT2D eigenvalue weighted by atomic mass is 16.3. The van der Waals surface area contributed by atoms with Crippen molar-refractivity contribution in [3.05, 3.63) is 0 Å². The fourth-order valence-corrected chi connectivity index (χ4v) is 1.42. The van der Waals surface area contributed by atoms with Crippen LogP contribution in [0.1, 0.15) is 26.2 Å². The molecule has 0 aromatic heterocycles. The number of hydrogen-bond acceptors (Lipinski definition) is 3. The molecule has 0 aromatic rings. The molecule has 12 heavy (non-hydrogen) atoms. The number of nitrogens with two attached hydrogens (primary N) is 1. The van der Waals surface area contributed by atoms with E-state index >= 15 is 0 Å². The van der Waals surface area contributed by atoms with Gasteiger partial charge in [0.15, 0.2) is 0 Å². The third-order valence-electron chi connectivity index (χ3n) is 2.22. The van der Waals surface area contributed by atoms with Gasteiger partial charge in [0.1, 0.15) is 0 Å². The van der Waals surface area contributed by atoms with E-state index in [1.54, 1.807) is 6.92 Å². The molecule has 0 aromatic carbocycles. The number of nitrogens with one attached hydrogen (secondary N) is 1. The lowest BCUT2D eigenvalue weighted by atomic mass is 10.2. The third-order valence-corrected chi connectivity index (χ3v) is 2.22. The first kappa shape index (κ1) is 9.48. The van der Waals surface area contributed by atoms with Crippen molar-refractivity contribution in [1.82, 2.24) is 5.32 Å². The smallest absolute Gasteiger partial charge is 0.236 e. The molecule has 0 spiro atoms. The summed E-state index contributed by atoms with van der Waals surface area (Å²) in [6, 6.07) is -0.568. The van der Waals surface area contributed by atoms with E-state index in [9.17, 15) is 9.90 Å². The summed E-state index contributed by atoms with van der Waals surface area (Å²) in [4.78, 5) is 11.1. The van der Waals surface area contributed by atoms with Crippen LogP contribution in [0.3, 0.4) is 0 Å². The quantitative estimate of drug-likeness (QED) is 0.519. The van der Waals surface area contributed by atoms with E-state index in [2.05, 4.69) is 5.32 Å². The summed E-state index contributed by atoms with van der Waals surface area (Å²) < 4.78 is 0. The zero-order chi connectivity index (χ0) is 9.14. The van der Waals surface area contributed by atoms with Gasteiger partial charge in [0.25, 0.3) is 0 Å². The second kappa shape index (κ2) is 3.87. The Morgan fingerprint density at radius 2 is 2.33 bits per heavy atom. The lowest BCUT2D eigenvalue weighted by Crippen LogP contribution is -2.46. The minimum Gasteiger partial charge on any atom is -0.391 e. The number of carbonyl (C=O) groups is 1. The number of rotatable bonds is 2. The summed E-state index contributed by atoms with van der Waals surface area (Å²) in [5, 5.41) is 12.1. The maximum atomic E-state index is 11.1. The molecule has 1 amide bonds. The Bertz CT molecular complexity index is 170. The summed E-state index contributed by atoms with van der Waals surface area (Å²) in [7, 11) is 0. The Kier molecular flexibility index (Phi) is 3.05. The van der Waals surface area contributed by atoms with Crippen molar-refractivity contribution in [2.24, 2.45) is 5.73 Å². The van der Waals surface area contributed by atoms with Crippen LogP contribution in [0.25, 0.3) is 0 Å². The van der Waals surface area contributed by atoms with E-state index < -0.39 is 6.04 Å². The Labute approximate surface area is 72.1 Å². The summed E-state index contributed by atoms with van der Waals surface area (Å²) >= 11 is 0. The summed E-state index contributed by atoms with van der Waals surface area (Å²) in [6.07, 6.45) is 2.24. The highest BCUT2D eigenvalue weighted by Crippen LogP contribution is 2.18. The molecule has 3 atom stereocenters. The van der Waals surface area contributed by atoms with Crippen LogP contribution in [0.5, 0.6) is 0 Å². The second-order valence-electron chi connectivity index (χ2n) is 3.40. The van der Waals surface area contributed by atoms with Crippen LogP contribution in [-0.2, 0) is 4.79 Å². The Hall–Kier alpha value is -0.610. The molecule has 0 heterocycles. The summed E-state index contributed by atoms with van der Waals surface area (Å²) in [5.41, 5.74) is 5.37. The van der Waals surface area contributed by atoms with Crippen molar-refractivity contribution < 1.29 is 9.90 Å². The van der Waals surface area contributed by atoms with Gasteiger partial charge in [0.05, 0.1) is 18.2 Å². The van der Waals surface area contributed by atoms with Gasteiger partial charge in [-0.3, -0.25) is 4.79 Å². The second-order valence-corrected chi connectivity index (χ2v) is 3.40. The van der Waals surface area contributed by atoms with E-state index in [0.717, 1.165) is 19.3 Å². The van der Waals surface area contributed by atoms with E-state index in [1.165, 1.54) is 0 Å². The Morgan fingerprint density at radius 1 is 1.67 bits per heavy atom. The molecule has 0 aliphatic heterocycles. The fraction of sp³-hybridized carbons (Fsp3) is 0.875. The van der Waals surface area contributed by atoms with Crippen LogP contribution in [0.2, 0.25) is 0 Å². The van der Waals surface area contributed by atoms with Crippen LogP contribution in [0.4, 0.5) is 0 Å². The molecule has 0 saturated heterocycles. The molecule has 70 valence electrons. The molecule has 1 aliphatic carbocycles. The Morgan fingerprint density at radius 3 is 2.75 bits per heavy atom. The van der Waals surface area contributed by atoms with E-state index in [1.807, 2.05) is 0 Å². The fourth-order valence-electron chi connectivity index (χ4n) is 1.42. The van der Waals surface area contributed by atoms with Crippen LogP contribution in [0, 0.1) is 0 Å². The zero-order valence-electron chi connectivity index (χ0n) is 7.29. The number of hydrogen-bond donors (Lipinski definition) is 3. The molecular formula is C8H16N2O2. The van der Waals surface area contributed by atoms with Crippen molar-refractivity contribution >= 4 is 5.91 Å². The number of amides is 1. The largest absolute Gasteiger partial charge is 0.391 e. The molecular weight excluding hydrogens is 156 g/mol. The molecule has 1 aliphatic rings. The SMILES string of the molecule is C[C@H](N)C(=O)NC1CCCC1O. The van der Waals surface area contributed by atoms with Gasteiger partial charge in [-0.15, -0.1) is 0 Å². The van der Waals surface area contributed by atoms with Gasteiger partial charge in [0.2, 0.25) is 5.91 Å². The predicted molar refractivity (Wildman–Crippen MR) is 45.4 cm³/mol. The minimum absolute atomic E-state index is 0.0801. The molecule has 4 N–H and O–H groups in total. The average Bonchev–Trinajstić information content (AvgIpc) is 2.36. The van der Waals surface area contributed by atoms with Gasteiger partial charge in [-0.2, -0.15) is 0 Å². The molecule has 4 heteroatoms. The van der Waals surface area contributed by atoms with Gasteiger partial charge in [-0.1, -0.05) is 0 Å². The van der Waals surface area contributed by atoms with Gasteiger partial charge in [-0.25, -0.2) is 0 Å². The van der Waals surface area contributed by atoms with Gasteiger partial charge in [0, 0.05) is 0 Å². The van der Waals surface area contributed by atoms with Crippen molar-refractivity contribution in [2.45, 2.75) is 44.4 Å². The highest BCUT2D eigenvalue weighted by Gasteiger charge is 2.26. The lowest BCUT2D eigenvalue weighted by molar-refractivity contribution is -0.123. The maximum absolute atomic E-state index is 11.1. The number of aliphatic hydroxyl groups excluding tert-OH is 1. The lowest BCUT2D eigenvalue weighted by Gasteiger charge is -2.17. The van der Waals surface area contributed by atoms with E-state index in [-0.39, 0.29) is 18.1 Å². The van der Waals surface area contributed by atoms with Crippen LogP contribution >= 0.6 is 0 Å². The van der Waals surface area contributed by atoms with Gasteiger partial charge < -0.3 is 16.2 Å². The van der Waals surface area contributed by atoms with Crippen molar-refractivity contribution in [3.63, 3.8) is 0 Å². The summed E-state index contributed by atoms with van der Waals surface area (Å²) in [6.45, 7) is 1.64. The van der Waals surface area contributed by atoms with Crippen molar-refractivity contribution in [2.75, 3.05) is 0 Å². The van der Waals surface area contributed by atoms with Crippen LogP contribution in [-0.4, -0.2) is 29.2 Å². The first-order chi connectivity index (χ1) is 5.61. The average molecular weight is 172 g/mol. The maximum Gasteiger partial charge on any atom is 0.236 e. The molecule has 1 fully saturated rings. The Balaban J connectivity index is 2.35. The first-order valence-corrected chi connectivity index (χ1v) is 4.35. The molecule has 2 unspecified atom stereocenters. The van der Waals surface area contributed by atoms with Crippen molar-refractivity contribution in [1.29, 1.82) is 0 Å². The predicted octanol–water partition coefficient (Wildman–Crippen LogP) is -0.637. The van der Waals surface area contributed by atoms with Gasteiger partial charge in [-0.05, 0) is 26.2 Å². The van der Waals surface area contributed by atoms with Crippen LogP contribution in [0.15, 0.2) is 0 Å². The monoisotopic (exact) mass is 172 g/mol. The zero-order valence-corrected chi connectivity index (χ0v) is 7.29. The number of aliphatic hydroxyl groups is 1. The van der Waals surface area contributed by atoms with Crippen LogP contribution < -0.4 is 11.1 Å². The standard InChI is InChI=1S/C8H16N2O2/c1-5(9)8(12)10-6-3-2-4-7(6)11/h5-7,11H,2-4,9H2,1H3,(H,10,12)/t5-,6?,7?/m0/s1. The topological polar surface area (TPSA) is 75.4 Å². The minimum atomic E-state index is -0.488. The molecule has 0 bridgehead atoms. The molecule has 4 nitrogen and oxygen atoms in total.